The van der Waals surface area contributed by atoms with Crippen molar-refractivity contribution in [2.24, 2.45) is 0 Å². The van der Waals surface area contributed by atoms with Crippen LogP contribution in [0.25, 0.3) is 11.1 Å². The molecular weight excluding hydrogens is 416 g/mol. The van der Waals surface area contributed by atoms with E-state index in [0.29, 0.717) is 34.9 Å². The molecule has 170 valence electrons. The van der Waals surface area contributed by atoms with Crippen LogP contribution in [0.15, 0.2) is 36.5 Å². The van der Waals surface area contributed by atoms with Gasteiger partial charge in [-0.2, -0.15) is 5.10 Å². The number of hydrogen-bond acceptors (Lipinski definition) is 5. The molecule has 0 saturated carbocycles. The summed E-state index contributed by atoms with van der Waals surface area (Å²) in [7, 11) is 4.81. The molecule has 1 atom stereocenters. The topological polar surface area (TPSA) is 59.6 Å². The fourth-order valence-electron chi connectivity index (χ4n) is 4.49. The van der Waals surface area contributed by atoms with Crippen LogP contribution in [0, 0.1) is 11.6 Å². The standard InChI is InChI=1S/C24H27F2N3O3/c1-30-21-9-6-16(23(31-2)24(21)32-3)14-29-10-4-5-15(13-29)22-19(12-27-28-22)18-8-7-17(25)11-20(18)26/h6-9,11-12,15H,4-5,10,13-14H2,1-3H3,(H,27,28). The molecule has 2 aromatic carbocycles. The zero-order chi connectivity index (χ0) is 22.7. The summed E-state index contributed by atoms with van der Waals surface area (Å²) < 4.78 is 44.3. The Kier molecular flexibility index (Phi) is 6.60. The van der Waals surface area contributed by atoms with Crippen molar-refractivity contribution in [1.82, 2.24) is 15.1 Å². The van der Waals surface area contributed by atoms with Gasteiger partial charge in [0.05, 0.1) is 27.5 Å². The van der Waals surface area contributed by atoms with Crippen LogP contribution < -0.4 is 14.2 Å². The number of H-pyrrole nitrogens is 1. The van der Waals surface area contributed by atoms with Crippen LogP contribution in [0.3, 0.4) is 0 Å². The Balaban J connectivity index is 1.57. The van der Waals surface area contributed by atoms with Crippen molar-refractivity contribution in [3.63, 3.8) is 0 Å². The van der Waals surface area contributed by atoms with E-state index in [4.69, 9.17) is 14.2 Å². The largest absolute Gasteiger partial charge is 0.493 e. The van der Waals surface area contributed by atoms with Crippen LogP contribution in [-0.2, 0) is 6.54 Å². The van der Waals surface area contributed by atoms with Gasteiger partial charge in [-0.05, 0) is 37.6 Å². The van der Waals surface area contributed by atoms with Gasteiger partial charge in [0.15, 0.2) is 11.5 Å². The Bertz CT molecular complexity index is 1090. The summed E-state index contributed by atoms with van der Waals surface area (Å²) in [6.07, 6.45) is 3.56. The number of ether oxygens (including phenoxy) is 3. The summed E-state index contributed by atoms with van der Waals surface area (Å²) in [6.45, 7) is 2.38. The molecule has 1 saturated heterocycles. The minimum absolute atomic E-state index is 0.150. The highest BCUT2D eigenvalue weighted by atomic mass is 19.1. The molecule has 1 aromatic heterocycles. The number of halogens is 2. The predicted molar refractivity (Wildman–Crippen MR) is 117 cm³/mol. The molecule has 1 aliphatic heterocycles. The first kappa shape index (κ1) is 22.1. The number of likely N-dealkylation sites (tertiary alicyclic amines) is 1. The minimum atomic E-state index is -0.594. The highest BCUT2D eigenvalue weighted by Crippen LogP contribution is 2.41. The number of aromatic nitrogens is 2. The Labute approximate surface area is 186 Å². The highest BCUT2D eigenvalue weighted by Gasteiger charge is 2.27. The second-order valence-electron chi connectivity index (χ2n) is 7.89. The SMILES string of the molecule is COc1ccc(CN2CCCC(c3[nH]ncc3-c3ccc(F)cc3F)C2)c(OC)c1OC. The lowest BCUT2D eigenvalue weighted by atomic mass is 9.90. The molecule has 0 bridgehead atoms. The van der Waals surface area contributed by atoms with Gasteiger partial charge < -0.3 is 14.2 Å². The number of methoxy groups -OCH3 is 3. The highest BCUT2D eigenvalue weighted by molar-refractivity contribution is 5.66. The maximum absolute atomic E-state index is 14.4. The van der Waals surface area contributed by atoms with Crippen LogP contribution in [-0.4, -0.2) is 49.5 Å². The van der Waals surface area contributed by atoms with E-state index in [-0.39, 0.29) is 5.92 Å². The van der Waals surface area contributed by atoms with E-state index in [1.54, 1.807) is 27.5 Å². The molecule has 1 unspecified atom stereocenters. The lowest BCUT2D eigenvalue weighted by molar-refractivity contribution is 0.195. The zero-order valence-electron chi connectivity index (χ0n) is 18.5. The summed E-state index contributed by atoms with van der Waals surface area (Å²) in [5.74, 6) is 0.817. The van der Waals surface area contributed by atoms with Gasteiger partial charge in [0.25, 0.3) is 0 Å². The van der Waals surface area contributed by atoms with Gasteiger partial charge in [-0.1, -0.05) is 6.07 Å². The summed E-state index contributed by atoms with van der Waals surface area (Å²) >= 11 is 0. The Morgan fingerprint density at radius 1 is 1.03 bits per heavy atom. The fraction of sp³-hybridized carbons (Fsp3) is 0.375. The van der Waals surface area contributed by atoms with E-state index < -0.39 is 11.6 Å². The van der Waals surface area contributed by atoms with E-state index >= 15 is 0 Å². The van der Waals surface area contributed by atoms with Crippen LogP contribution in [0.5, 0.6) is 17.2 Å². The quantitative estimate of drug-likeness (QED) is 0.571. The number of aromatic amines is 1. The van der Waals surface area contributed by atoms with Gasteiger partial charge in [-0.25, -0.2) is 8.78 Å². The molecule has 6 nitrogen and oxygen atoms in total. The summed E-state index contributed by atoms with van der Waals surface area (Å²) in [5.41, 5.74) is 2.91. The van der Waals surface area contributed by atoms with Crippen molar-refractivity contribution in [2.45, 2.75) is 25.3 Å². The van der Waals surface area contributed by atoms with Gasteiger partial charge in [0, 0.05) is 47.5 Å². The van der Waals surface area contributed by atoms with Crippen molar-refractivity contribution < 1.29 is 23.0 Å². The van der Waals surface area contributed by atoms with Gasteiger partial charge in [-0.15, -0.1) is 0 Å². The maximum atomic E-state index is 14.4. The molecule has 0 spiro atoms. The number of piperidine rings is 1. The van der Waals surface area contributed by atoms with Gasteiger partial charge in [0.2, 0.25) is 5.75 Å². The number of benzene rings is 2. The number of nitrogens with one attached hydrogen (secondary N) is 1. The number of hydrogen-bond donors (Lipinski definition) is 1. The third-order valence-electron chi connectivity index (χ3n) is 5.98. The van der Waals surface area contributed by atoms with Gasteiger partial charge in [-0.3, -0.25) is 10.00 Å². The van der Waals surface area contributed by atoms with Crippen molar-refractivity contribution in [3.05, 3.63) is 59.4 Å². The summed E-state index contributed by atoms with van der Waals surface area (Å²) in [6, 6.07) is 7.50. The van der Waals surface area contributed by atoms with E-state index in [1.165, 1.54) is 12.1 Å². The number of rotatable bonds is 7. The van der Waals surface area contributed by atoms with Crippen LogP contribution in [0.4, 0.5) is 8.78 Å². The second-order valence-corrected chi connectivity index (χ2v) is 7.89. The van der Waals surface area contributed by atoms with E-state index in [0.717, 1.165) is 43.3 Å². The molecule has 8 heteroatoms. The summed E-state index contributed by atoms with van der Waals surface area (Å²) in [5, 5.41) is 7.22. The minimum Gasteiger partial charge on any atom is -0.493 e. The Morgan fingerprint density at radius 3 is 2.56 bits per heavy atom. The average molecular weight is 443 g/mol. The first-order chi connectivity index (χ1) is 15.5. The zero-order valence-corrected chi connectivity index (χ0v) is 18.5. The first-order valence-corrected chi connectivity index (χ1v) is 10.5. The third-order valence-corrected chi connectivity index (χ3v) is 5.98. The van der Waals surface area contributed by atoms with Gasteiger partial charge in [0.1, 0.15) is 11.6 Å². The fourth-order valence-corrected chi connectivity index (χ4v) is 4.49. The smallest absolute Gasteiger partial charge is 0.203 e. The lowest BCUT2D eigenvalue weighted by Gasteiger charge is -2.33. The molecule has 1 fully saturated rings. The average Bonchev–Trinajstić information content (AvgIpc) is 3.28. The van der Waals surface area contributed by atoms with Crippen molar-refractivity contribution in [1.29, 1.82) is 0 Å². The Hall–Kier alpha value is -3.13. The molecule has 0 amide bonds. The van der Waals surface area contributed by atoms with Gasteiger partial charge >= 0.3 is 0 Å². The van der Waals surface area contributed by atoms with Crippen molar-refractivity contribution >= 4 is 0 Å². The number of nitrogens with zero attached hydrogens (tertiary/aromatic N) is 2. The molecular formula is C24H27F2N3O3. The van der Waals surface area contributed by atoms with E-state index in [1.807, 2.05) is 12.1 Å². The monoisotopic (exact) mass is 443 g/mol. The van der Waals surface area contributed by atoms with Crippen LogP contribution >= 0.6 is 0 Å². The van der Waals surface area contributed by atoms with Crippen molar-refractivity contribution in [2.75, 3.05) is 34.4 Å². The lowest BCUT2D eigenvalue weighted by Crippen LogP contribution is -2.34. The van der Waals surface area contributed by atoms with E-state index in [2.05, 4.69) is 15.1 Å². The molecule has 2 heterocycles. The van der Waals surface area contributed by atoms with Crippen LogP contribution in [0.1, 0.15) is 30.0 Å². The van der Waals surface area contributed by atoms with Crippen molar-refractivity contribution in [3.8, 4) is 28.4 Å². The second kappa shape index (κ2) is 9.56. The Morgan fingerprint density at radius 2 is 1.84 bits per heavy atom. The van der Waals surface area contributed by atoms with Crippen LogP contribution in [0.2, 0.25) is 0 Å². The van der Waals surface area contributed by atoms with E-state index in [9.17, 15) is 8.78 Å². The molecule has 0 radical (unpaired) electrons. The molecule has 4 rings (SSSR count). The molecule has 1 aliphatic rings. The third kappa shape index (κ3) is 4.27. The first-order valence-electron chi connectivity index (χ1n) is 10.5. The molecule has 32 heavy (non-hydrogen) atoms. The molecule has 3 aromatic rings. The molecule has 0 aliphatic carbocycles. The molecule has 1 N–H and O–H groups in total. The summed E-state index contributed by atoms with van der Waals surface area (Å²) in [4.78, 5) is 2.34. The maximum Gasteiger partial charge on any atom is 0.203 e. The predicted octanol–water partition coefficient (Wildman–Crippen LogP) is 4.76. The normalized spacial score (nSPS) is 16.7.